The molecule has 0 amide bonds. The Kier molecular flexibility index (Phi) is 64.4. The molecule has 1 atom stereocenters. The summed E-state index contributed by atoms with van der Waals surface area (Å²) in [5, 5.41) is 0. The van der Waals surface area contributed by atoms with E-state index in [2.05, 4.69) is 203 Å². The fourth-order valence-corrected chi connectivity index (χ4v) is 8.45. The van der Waals surface area contributed by atoms with Crippen LogP contribution in [0.25, 0.3) is 0 Å². The molecule has 83 heavy (non-hydrogen) atoms. The van der Waals surface area contributed by atoms with Crippen molar-refractivity contribution in [3.05, 3.63) is 182 Å². The molecule has 0 N–H and O–H groups in total. The fraction of sp³-hybridized carbons (Fsp3) is 0.571. The van der Waals surface area contributed by atoms with Gasteiger partial charge in [0.1, 0.15) is 13.2 Å². The highest BCUT2D eigenvalue weighted by atomic mass is 16.6. The third-order valence-corrected chi connectivity index (χ3v) is 13.4. The van der Waals surface area contributed by atoms with Gasteiger partial charge in [0.2, 0.25) is 0 Å². The van der Waals surface area contributed by atoms with E-state index in [1.807, 2.05) is 0 Å². The van der Waals surface area contributed by atoms with Crippen molar-refractivity contribution in [2.24, 2.45) is 0 Å². The number of ether oxygens (including phenoxy) is 3. The Hall–Kier alpha value is -5.49. The van der Waals surface area contributed by atoms with Gasteiger partial charge < -0.3 is 14.2 Å². The highest BCUT2D eigenvalue weighted by Gasteiger charge is 2.19. The molecule has 0 spiro atoms. The van der Waals surface area contributed by atoms with Crippen LogP contribution in [0.4, 0.5) is 0 Å². The maximum absolute atomic E-state index is 12.9. The Morgan fingerprint density at radius 3 is 0.783 bits per heavy atom. The van der Waals surface area contributed by atoms with Crippen LogP contribution in [0.2, 0.25) is 0 Å². The van der Waals surface area contributed by atoms with Gasteiger partial charge in [-0.15, -0.1) is 0 Å². The summed E-state index contributed by atoms with van der Waals surface area (Å²) >= 11 is 0. The highest BCUT2D eigenvalue weighted by molar-refractivity contribution is 5.71. The van der Waals surface area contributed by atoms with Gasteiger partial charge in [0.15, 0.2) is 6.10 Å². The molecule has 464 valence electrons. The van der Waals surface area contributed by atoms with Crippen molar-refractivity contribution < 1.29 is 28.6 Å². The van der Waals surface area contributed by atoms with Gasteiger partial charge in [-0.3, -0.25) is 14.4 Å². The number of carbonyl (C=O) groups excluding carboxylic acids is 3. The van der Waals surface area contributed by atoms with E-state index in [1.54, 1.807) is 0 Å². The second-order valence-electron chi connectivity index (χ2n) is 21.3. The number of hydrogen-bond donors (Lipinski definition) is 0. The van der Waals surface area contributed by atoms with Crippen molar-refractivity contribution in [2.45, 2.75) is 271 Å². The predicted molar refractivity (Wildman–Crippen MR) is 361 cm³/mol. The van der Waals surface area contributed by atoms with Crippen molar-refractivity contribution in [1.82, 2.24) is 0 Å². The lowest BCUT2D eigenvalue weighted by Gasteiger charge is -2.18. The monoisotopic (exact) mass is 1140 g/mol. The molecule has 0 heterocycles. The molecule has 0 saturated carbocycles. The van der Waals surface area contributed by atoms with E-state index in [4.69, 9.17) is 14.2 Å². The second kappa shape index (κ2) is 69.0. The van der Waals surface area contributed by atoms with E-state index in [-0.39, 0.29) is 37.5 Å². The molecular formula is C77H120O6. The molecule has 0 bridgehead atoms. The zero-order chi connectivity index (χ0) is 59.9. The molecule has 0 saturated heterocycles. The zero-order valence-electron chi connectivity index (χ0n) is 53.1. The molecule has 0 aromatic heterocycles. The SMILES string of the molecule is CC/C=C\C/C=C\C/C=C\C/C=C\C/C=C\C/C=C\C/C=C\CCCCCCCCCCCC(=O)OCC(COC(=O)CCCCCCC/C=C\CCCC)OC(=O)CCC/C=C\C/C=C\C/C=C\C/C=C\C/C=C\C/C=C\C/C=C\CC. The molecule has 0 rings (SSSR count). The number of carbonyl (C=O) groups is 3. The van der Waals surface area contributed by atoms with Crippen LogP contribution in [0.1, 0.15) is 265 Å². The number of hydrogen-bond acceptors (Lipinski definition) is 6. The summed E-state index contributed by atoms with van der Waals surface area (Å²) in [5.74, 6) is -0.997. The van der Waals surface area contributed by atoms with Crippen LogP contribution in [0, 0.1) is 0 Å². The van der Waals surface area contributed by atoms with E-state index in [1.165, 1.54) is 64.2 Å². The Morgan fingerprint density at radius 1 is 0.253 bits per heavy atom. The zero-order valence-corrected chi connectivity index (χ0v) is 53.1. The van der Waals surface area contributed by atoms with Gasteiger partial charge >= 0.3 is 17.9 Å². The van der Waals surface area contributed by atoms with E-state index in [9.17, 15) is 14.4 Å². The minimum absolute atomic E-state index is 0.115. The first-order chi connectivity index (χ1) is 41.0. The van der Waals surface area contributed by atoms with Gasteiger partial charge in [0.05, 0.1) is 0 Å². The van der Waals surface area contributed by atoms with Crippen LogP contribution in [0.5, 0.6) is 0 Å². The largest absolute Gasteiger partial charge is 0.462 e. The van der Waals surface area contributed by atoms with Crippen LogP contribution in [-0.2, 0) is 28.6 Å². The van der Waals surface area contributed by atoms with Crippen LogP contribution >= 0.6 is 0 Å². The standard InChI is InChI=1S/C77H120O6/c1-4-7-10-13-16-19-22-24-26-28-30-32-34-35-36-37-38-39-40-41-43-44-46-48-50-52-55-58-61-64-67-70-76(79)82-73-74(72-81-75(78)69-66-63-60-57-54-21-18-15-12-9-6-3)83-77(80)71-68-65-62-59-56-53-51-49-47-45-42-33-31-29-27-25-23-20-17-14-11-8-5-2/h7-8,10-11,15-20,24-27,30-33,35-36,38-39,41,43,45,47,51,53,59,62,74H,4-6,9,12-14,21-23,28-29,34,37,40,42,44,46,48-50,52,54-58,60-61,63-73H2,1-3H3/b10-7-,11-8-,18-15-,19-16-,20-17-,26-24-,27-25-,32-30-,33-31-,36-35-,39-38-,43-41-,47-45-,53-51-,62-59-. The van der Waals surface area contributed by atoms with Crippen LogP contribution in [0.3, 0.4) is 0 Å². The van der Waals surface area contributed by atoms with Crippen LogP contribution in [0.15, 0.2) is 182 Å². The summed E-state index contributed by atoms with van der Waals surface area (Å²) in [5.41, 5.74) is 0. The average Bonchev–Trinajstić information content (AvgIpc) is 3.48. The lowest BCUT2D eigenvalue weighted by molar-refractivity contribution is -0.167. The fourth-order valence-electron chi connectivity index (χ4n) is 8.45. The molecule has 0 radical (unpaired) electrons. The molecule has 0 aliphatic rings. The highest BCUT2D eigenvalue weighted by Crippen LogP contribution is 2.14. The molecule has 0 aliphatic heterocycles. The Balaban J connectivity index is 4.39. The van der Waals surface area contributed by atoms with E-state index in [0.29, 0.717) is 19.3 Å². The maximum atomic E-state index is 12.9. The van der Waals surface area contributed by atoms with E-state index >= 15 is 0 Å². The van der Waals surface area contributed by atoms with Crippen LogP contribution < -0.4 is 0 Å². The van der Waals surface area contributed by atoms with Crippen molar-refractivity contribution >= 4 is 17.9 Å². The normalized spacial score (nSPS) is 13.3. The predicted octanol–water partition coefficient (Wildman–Crippen LogP) is 23.2. The first-order valence-corrected chi connectivity index (χ1v) is 33.3. The van der Waals surface area contributed by atoms with Crippen molar-refractivity contribution in [2.75, 3.05) is 13.2 Å². The second-order valence-corrected chi connectivity index (χ2v) is 21.3. The summed E-state index contributed by atoms with van der Waals surface area (Å²) in [4.78, 5) is 38.3. The third kappa shape index (κ3) is 67.2. The van der Waals surface area contributed by atoms with Crippen molar-refractivity contribution in [3.8, 4) is 0 Å². The molecule has 6 nitrogen and oxygen atoms in total. The molecule has 1 unspecified atom stereocenters. The summed E-state index contributed by atoms with van der Waals surface area (Å²) < 4.78 is 16.8. The molecule has 0 aliphatic carbocycles. The van der Waals surface area contributed by atoms with Gasteiger partial charge in [-0.1, -0.05) is 280 Å². The Labute approximate surface area is 510 Å². The lowest BCUT2D eigenvalue weighted by Crippen LogP contribution is -2.30. The van der Waals surface area contributed by atoms with Gasteiger partial charge in [-0.2, -0.15) is 0 Å². The topological polar surface area (TPSA) is 78.9 Å². The maximum Gasteiger partial charge on any atom is 0.306 e. The van der Waals surface area contributed by atoms with Crippen molar-refractivity contribution in [1.29, 1.82) is 0 Å². The van der Waals surface area contributed by atoms with Crippen molar-refractivity contribution in [3.63, 3.8) is 0 Å². The summed E-state index contributed by atoms with van der Waals surface area (Å²) in [7, 11) is 0. The quantitative estimate of drug-likeness (QED) is 0.0261. The Bertz CT molecular complexity index is 1940. The molecule has 0 fully saturated rings. The Morgan fingerprint density at radius 2 is 0.482 bits per heavy atom. The van der Waals surface area contributed by atoms with Gasteiger partial charge in [-0.05, 0) is 148 Å². The van der Waals surface area contributed by atoms with E-state index < -0.39 is 6.10 Å². The van der Waals surface area contributed by atoms with Gasteiger partial charge in [0, 0.05) is 19.3 Å². The first-order valence-electron chi connectivity index (χ1n) is 33.3. The van der Waals surface area contributed by atoms with E-state index in [0.717, 1.165) is 154 Å². The molecule has 0 aromatic rings. The number of allylic oxidation sites excluding steroid dienone is 30. The third-order valence-electron chi connectivity index (χ3n) is 13.4. The van der Waals surface area contributed by atoms with Gasteiger partial charge in [-0.25, -0.2) is 0 Å². The number of rotatable bonds is 58. The lowest BCUT2D eigenvalue weighted by atomic mass is 10.1. The molecule has 0 aromatic carbocycles. The summed E-state index contributed by atoms with van der Waals surface area (Å²) in [6, 6.07) is 0. The summed E-state index contributed by atoms with van der Waals surface area (Å²) in [6.45, 7) is 6.30. The molecule has 6 heteroatoms. The van der Waals surface area contributed by atoms with Crippen LogP contribution in [-0.4, -0.2) is 37.2 Å². The number of esters is 3. The minimum Gasteiger partial charge on any atom is -0.462 e. The average molecular weight is 1140 g/mol. The smallest absolute Gasteiger partial charge is 0.306 e. The number of unbranched alkanes of at least 4 members (excludes halogenated alkanes) is 17. The molecular weight excluding hydrogens is 1020 g/mol. The minimum atomic E-state index is -0.825. The van der Waals surface area contributed by atoms with Gasteiger partial charge in [0.25, 0.3) is 0 Å². The summed E-state index contributed by atoms with van der Waals surface area (Å²) in [6.07, 6.45) is 103. The first kappa shape index (κ1) is 77.5.